The molecule has 1 heterocycles. The number of aliphatic hydroxyl groups is 2. The minimum Gasteiger partial charge on any atom is -0.392 e. The smallest absolute Gasteiger partial charge is 0.392 e. The van der Waals surface area contributed by atoms with Crippen molar-refractivity contribution in [2.24, 2.45) is 0 Å². The van der Waals surface area contributed by atoms with Gasteiger partial charge in [0, 0.05) is 24.5 Å². The first-order valence-electron chi connectivity index (χ1n) is 5.99. The zero-order valence-corrected chi connectivity index (χ0v) is 10.5. The highest BCUT2D eigenvalue weighted by Gasteiger charge is 2.39. The lowest BCUT2D eigenvalue weighted by molar-refractivity contribution is -0.206. The van der Waals surface area contributed by atoms with Gasteiger partial charge in [-0.05, 0) is 17.2 Å². The van der Waals surface area contributed by atoms with E-state index in [0.717, 1.165) is 11.1 Å². The number of hydrogen-bond donors (Lipinski definition) is 2. The fraction of sp³-hybridized carbons (Fsp3) is 0.286. The second kappa shape index (κ2) is 5.68. The van der Waals surface area contributed by atoms with Gasteiger partial charge in [-0.15, -0.1) is 0 Å². The quantitative estimate of drug-likeness (QED) is 0.907. The fourth-order valence-electron chi connectivity index (χ4n) is 1.87. The number of aliphatic hydroxyl groups excluding tert-OH is 2. The summed E-state index contributed by atoms with van der Waals surface area (Å²) in [5.74, 6) is 0. The molecule has 0 saturated carbocycles. The molecule has 1 unspecified atom stereocenters. The summed E-state index contributed by atoms with van der Waals surface area (Å²) in [5, 5.41) is 18.1. The van der Waals surface area contributed by atoms with E-state index in [-0.39, 0.29) is 12.2 Å². The summed E-state index contributed by atoms with van der Waals surface area (Å²) in [4.78, 5) is 0. The van der Waals surface area contributed by atoms with Crippen molar-refractivity contribution in [1.29, 1.82) is 0 Å². The number of alkyl halides is 3. The highest BCUT2D eigenvalue weighted by Crippen LogP contribution is 2.32. The molecule has 1 atom stereocenters. The Labute approximate surface area is 113 Å². The van der Waals surface area contributed by atoms with Crippen LogP contribution in [0.3, 0.4) is 0 Å². The molecule has 0 aliphatic carbocycles. The lowest BCUT2D eigenvalue weighted by Gasteiger charge is -2.12. The number of benzene rings is 1. The Morgan fingerprint density at radius 2 is 1.65 bits per heavy atom. The molecule has 0 fully saturated rings. The zero-order chi connectivity index (χ0) is 14.8. The molecule has 1 aromatic carbocycles. The van der Waals surface area contributed by atoms with E-state index < -0.39 is 12.3 Å². The molecule has 20 heavy (non-hydrogen) atoms. The molecule has 108 valence electrons. The van der Waals surface area contributed by atoms with Crippen LogP contribution in [0, 0.1) is 0 Å². The Morgan fingerprint density at radius 3 is 2.20 bits per heavy atom. The molecule has 3 nitrogen and oxygen atoms in total. The minimum absolute atomic E-state index is 0.0499. The van der Waals surface area contributed by atoms with Crippen LogP contribution in [0.25, 0.3) is 0 Å². The number of halogens is 3. The summed E-state index contributed by atoms with van der Waals surface area (Å²) < 4.78 is 38.7. The molecule has 1 aromatic heterocycles. The highest BCUT2D eigenvalue weighted by atomic mass is 19.4. The molecule has 0 spiro atoms. The van der Waals surface area contributed by atoms with Gasteiger partial charge in [0.1, 0.15) is 0 Å². The Morgan fingerprint density at radius 1 is 1.05 bits per heavy atom. The number of aromatic nitrogens is 1. The summed E-state index contributed by atoms with van der Waals surface area (Å²) in [5.41, 5.74) is 1.49. The van der Waals surface area contributed by atoms with Crippen molar-refractivity contribution in [3.05, 3.63) is 59.4 Å². The van der Waals surface area contributed by atoms with Crippen LogP contribution < -0.4 is 0 Å². The maximum atomic E-state index is 12.4. The summed E-state index contributed by atoms with van der Waals surface area (Å²) in [6, 6.07) is 8.35. The van der Waals surface area contributed by atoms with E-state index in [9.17, 15) is 13.2 Å². The second-order valence-corrected chi connectivity index (χ2v) is 4.54. The van der Waals surface area contributed by atoms with E-state index >= 15 is 0 Å². The first-order chi connectivity index (χ1) is 9.40. The molecule has 0 radical (unpaired) electrons. The van der Waals surface area contributed by atoms with Crippen LogP contribution in [-0.2, 0) is 13.2 Å². The Bertz CT molecular complexity index is 561. The van der Waals surface area contributed by atoms with Gasteiger partial charge in [0.25, 0.3) is 0 Å². The molecule has 2 aromatic rings. The van der Waals surface area contributed by atoms with Crippen LogP contribution in [-0.4, -0.2) is 21.0 Å². The standard InChI is InChI=1S/C14H14F3NO2/c15-14(16,17)13(20)12-5-6-18(8-12)7-10-1-3-11(9-19)4-2-10/h1-6,8,13,19-20H,7,9H2. The van der Waals surface area contributed by atoms with Crippen molar-refractivity contribution in [1.82, 2.24) is 4.57 Å². The van der Waals surface area contributed by atoms with Gasteiger partial charge in [-0.3, -0.25) is 0 Å². The van der Waals surface area contributed by atoms with E-state index in [1.165, 1.54) is 18.5 Å². The normalized spacial score (nSPS) is 13.4. The van der Waals surface area contributed by atoms with Crippen LogP contribution in [0.2, 0.25) is 0 Å². The first-order valence-corrected chi connectivity index (χ1v) is 5.99. The van der Waals surface area contributed by atoms with E-state index in [0.29, 0.717) is 6.54 Å². The molecule has 2 rings (SSSR count). The highest BCUT2D eigenvalue weighted by molar-refractivity contribution is 5.23. The second-order valence-electron chi connectivity index (χ2n) is 4.54. The Kier molecular flexibility index (Phi) is 4.15. The number of hydrogen-bond acceptors (Lipinski definition) is 2. The van der Waals surface area contributed by atoms with Gasteiger partial charge in [0.05, 0.1) is 6.61 Å². The largest absolute Gasteiger partial charge is 0.418 e. The van der Waals surface area contributed by atoms with Crippen LogP contribution >= 0.6 is 0 Å². The minimum atomic E-state index is -4.66. The third-order valence-electron chi connectivity index (χ3n) is 2.97. The zero-order valence-electron chi connectivity index (χ0n) is 10.5. The van der Waals surface area contributed by atoms with Crippen molar-refractivity contribution >= 4 is 0 Å². The molecule has 0 amide bonds. The topological polar surface area (TPSA) is 45.4 Å². The van der Waals surface area contributed by atoms with Crippen LogP contribution in [0.4, 0.5) is 13.2 Å². The molecule has 0 aliphatic rings. The van der Waals surface area contributed by atoms with Gasteiger partial charge in [-0.2, -0.15) is 13.2 Å². The Hall–Kier alpha value is -1.79. The SMILES string of the molecule is OCc1ccc(Cn2ccc(C(O)C(F)(F)F)c2)cc1. The predicted molar refractivity (Wildman–Crippen MR) is 66.9 cm³/mol. The molecular weight excluding hydrogens is 271 g/mol. The molecule has 2 N–H and O–H groups in total. The van der Waals surface area contributed by atoms with Crippen molar-refractivity contribution in [3.63, 3.8) is 0 Å². The molecule has 0 aliphatic heterocycles. The number of nitrogens with zero attached hydrogens (tertiary/aromatic N) is 1. The van der Waals surface area contributed by atoms with Crippen molar-refractivity contribution in [2.75, 3.05) is 0 Å². The van der Waals surface area contributed by atoms with E-state index in [1.54, 1.807) is 28.8 Å². The maximum Gasteiger partial charge on any atom is 0.418 e. The average Bonchev–Trinajstić information content (AvgIpc) is 2.86. The van der Waals surface area contributed by atoms with Crippen LogP contribution in [0.1, 0.15) is 22.8 Å². The maximum absolute atomic E-state index is 12.4. The van der Waals surface area contributed by atoms with Crippen molar-refractivity contribution in [3.8, 4) is 0 Å². The van der Waals surface area contributed by atoms with Gasteiger partial charge in [-0.25, -0.2) is 0 Å². The van der Waals surface area contributed by atoms with Gasteiger partial charge in [0.2, 0.25) is 0 Å². The van der Waals surface area contributed by atoms with Crippen molar-refractivity contribution < 1.29 is 23.4 Å². The first kappa shape index (κ1) is 14.6. The lowest BCUT2D eigenvalue weighted by Crippen LogP contribution is -2.19. The molecule has 0 bridgehead atoms. The summed E-state index contributed by atoms with van der Waals surface area (Å²) in [6.45, 7) is 0.349. The van der Waals surface area contributed by atoms with E-state index in [2.05, 4.69) is 0 Å². The van der Waals surface area contributed by atoms with Crippen LogP contribution in [0.15, 0.2) is 42.7 Å². The van der Waals surface area contributed by atoms with E-state index in [4.69, 9.17) is 10.2 Å². The lowest BCUT2D eigenvalue weighted by atomic mass is 10.1. The third kappa shape index (κ3) is 3.40. The molecule has 0 saturated heterocycles. The summed E-state index contributed by atoms with van der Waals surface area (Å²) in [7, 11) is 0. The van der Waals surface area contributed by atoms with Gasteiger partial charge in [0.15, 0.2) is 6.10 Å². The monoisotopic (exact) mass is 285 g/mol. The third-order valence-corrected chi connectivity index (χ3v) is 2.97. The van der Waals surface area contributed by atoms with Gasteiger partial charge < -0.3 is 14.8 Å². The molecular formula is C14H14F3NO2. The van der Waals surface area contributed by atoms with Crippen LogP contribution in [0.5, 0.6) is 0 Å². The van der Waals surface area contributed by atoms with Gasteiger partial charge >= 0.3 is 6.18 Å². The van der Waals surface area contributed by atoms with E-state index in [1.807, 2.05) is 0 Å². The Balaban J connectivity index is 2.09. The summed E-state index contributed by atoms with van der Waals surface area (Å²) >= 11 is 0. The van der Waals surface area contributed by atoms with Gasteiger partial charge in [-0.1, -0.05) is 24.3 Å². The number of rotatable bonds is 4. The average molecular weight is 285 g/mol. The summed E-state index contributed by atoms with van der Waals surface area (Å²) in [6.07, 6.45) is -4.35. The predicted octanol–water partition coefficient (Wildman–Crippen LogP) is 2.62. The fourth-order valence-corrected chi connectivity index (χ4v) is 1.87. The molecule has 6 heteroatoms. The van der Waals surface area contributed by atoms with Crippen molar-refractivity contribution in [2.45, 2.75) is 25.4 Å².